The standard InChI is InChI=1S/C25H34O5/c1-5-28-24(4)29-15-21(27)25(30-24)13-10-20-18-7-6-16-14-17(26)8-11-22(16,2)19(18)9-12-23(20,25)3/h8,11,14,18-20H,5-7,9-10,12-13,15H2,1-4H3/t18-,19+,20+,22+,23+,24?,25+/m1/s1. The minimum atomic E-state index is -1.15. The lowest BCUT2D eigenvalue weighted by Crippen LogP contribution is -2.65. The van der Waals surface area contributed by atoms with E-state index in [1.807, 2.05) is 13.0 Å². The molecule has 1 heterocycles. The van der Waals surface area contributed by atoms with Crippen molar-refractivity contribution in [2.24, 2.45) is 28.6 Å². The van der Waals surface area contributed by atoms with Crippen LogP contribution < -0.4 is 0 Å². The number of rotatable bonds is 2. The molecule has 0 N–H and O–H groups in total. The van der Waals surface area contributed by atoms with E-state index in [0.29, 0.717) is 24.4 Å². The molecule has 1 aliphatic heterocycles. The number of hydrogen-bond acceptors (Lipinski definition) is 5. The van der Waals surface area contributed by atoms with Gasteiger partial charge in [-0.1, -0.05) is 25.5 Å². The molecule has 4 fully saturated rings. The molecule has 5 heteroatoms. The van der Waals surface area contributed by atoms with Crippen LogP contribution in [0.2, 0.25) is 0 Å². The average molecular weight is 415 g/mol. The van der Waals surface area contributed by atoms with E-state index in [2.05, 4.69) is 19.9 Å². The van der Waals surface area contributed by atoms with Crippen LogP contribution in [-0.4, -0.2) is 36.4 Å². The predicted octanol–water partition coefficient (Wildman–Crippen LogP) is 4.36. The fourth-order valence-corrected chi connectivity index (χ4v) is 7.87. The third-order valence-electron chi connectivity index (χ3n) is 9.36. The minimum absolute atomic E-state index is 0.0334. The number of allylic oxidation sites excluding steroid dienone is 4. The highest BCUT2D eigenvalue weighted by Crippen LogP contribution is 2.68. The van der Waals surface area contributed by atoms with Crippen molar-refractivity contribution in [3.63, 3.8) is 0 Å². The third kappa shape index (κ3) is 2.58. The zero-order chi connectivity index (χ0) is 21.4. The topological polar surface area (TPSA) is 61.8 Å². The van der Waals surface area contributed by atoms with E-state index in [0.717, 1.165) is 38.5 Å². The second-order valence-electron chi connectivity index (χ2n) is 10.5. The normalized spacial score (nSPS) is 50.1. The SMILES string of the molecule is CCOC1(C)OCC(=O)[C@]2(CC[C@H]3[C@@H]4CCC5=CC(=O)C=C[C@]5(C)[C@H]4CC[C@@]32C)O1. The van der Waals surface area contributed by atoms with Gasteiger partial charge in [-0.15, -0.1) is 0 Å². The summed E-state index contributed by atoms with van der Waals surface area (Å²) in [5.74, 6) is 0.544. The van der Waals surface area contributed by atoms with Gasteiger partial charge in [0.05, 0.1) is 0 Å². The second kappa shape index (κ2) is 6.60. The second-order valence-corrected chi connectivity index (χ2v) is 10.5. The minimum Gasteiger partial charge on any atom is -0.328 e. The maximum Gasteiger partial charge on any atom is 0.281 e. The summed E-state index contributed by atoms with van der Waals surface area (Å²) >= 11 is 0. The monoisotopic (exact) mass is 414 g/mol. The molecule has 1 saturated heterocycles. The van der Waals surface area contributed by atoms with Crippen LogP contribution in [0, 0.1) is 28.6 Å². The molecule has 0 amide bonds. The van der Waals surface area contributed by atoms with Gasteiger partial charge < -0.3 is 14.2 Å². The molecule has 5 aliphatic rings. The lowest BCUT2D eigenvalue weighted by molar-refractivity contribution is -0.419. The van der Waals surface area contributed by atoms with Gasteiger partial charge in [0.2, 0.25) is 0 Å². The molecule has 1 spiro atoms. The molecule has 4 aliphatic carbocycles. The van der Waals surface area contributed by atoms with Crippen molar-refractivity contribution in [1.29, 1.82) is 0 Å². The average Bonchev–Trinajstić information content (AvgIpc) is 2.99. The van der Waals surface area contributed by atoms with Crippen LogP contribution in [0.5, 0.6) is 0 Å². The molecule has 0 bridgehead atoms. The Morgan fingerprint density at radius 2 is 1.87 bits per heavy atom. The van der Waals surface area contributed by atoms with Crippen LogP contribution in [0.25, 0.3) is 0 Å². The number of carbonyl (C=O) groups excluding carboxylic acids is 2. The molecule has 0 aromatic carbocycles. The van der Waals surface area contributed by atoms with Crippen LogP contribution in [0.3, 0.4) is 0 Å². The number of hydrogen-bond donors (Lipinski definition) is 0. The number of fused-ring (bicyclic) bond motifs is 6. The van der Waals surface area contributed by atoms with Gasteiger partial charge in [0.15, 0.2) is 11.6 Å². The Balaban J connectivity index is 1.49. The van der Waals surface area contributed by atoms with Crippen molar-refractivity contribution in [2.75, 3.05) is 13.2 Å². The quantitative estimate of drug-likeness (QED) is 0.672. The van der Waals surface area contributed by atoms with Crippen molar-refractivity contribution in [2.45, 2.75) is 77.8 Å². The first-order valence-electron chi connectivity index (χ1n) is 11.6. The van der Waals surface area contributed by atoms with Crippen LogP contribution in [0.4, 0.5) is 0 Å². The molecular formula is C25H34O5. The van der Waals surface area contributed by atoms with Gasteiger partial charge in [-0.05, 0) is 75.4 Å². The molecule has 7 atom stereocenters. The van der Waals surface area contributed by atoms with Crippen LogP contribution in [0.1, 0.15) is 66.2 Å². The molecule has 30 heavy (non-hydrogen) atoms. The van der Waals surface area contributed by atoms with Gasteiger partial charge in [0, 0.05) is 24.4 Å². The molecule has 164 valence electrons. The largest absolute Gasteiger partial charge is 0.328 e. The molecular weight excluding hydrogens is 380 g/mol. The first kappa shape index (κ1) is 20.6. The number of carbonyl (C=O) groups is 2. The van der Waals surface area contributed by atoms with Gasteiger partial charge >= 0.3 is 0 Å². The first-order valence-corrected chi connectivity index (χ1v) is 11.6. The van der Waals surface area contributed by atoms with Crippen molar-refractivity contribution < 1.29 is 23.8 Å². The van der Waals surface area contributed by atoms with Crippen LogP contribution in [-0.2, 0) is 23.8 Å². The molecule has 0 aromatic rings. The van der Waals surface area contributed by atoms with E-state index >= 15 is 0 Å². The summed E-state index contributed by atoms with van der Waals surface area (Å²) in [4.78, 5) is 25.3. The van der Waals surface area contributed by atoms with Gasteiger partial charge in [-0.3, -0.25) is 9.59 Å². The van der Waals surface area contributed by atoms with E-state index in [9.17, 15) is 9.59 Å². The van der Waals surface area contributed by atoms with E-state index in [1.54, 1.807) is 13.0 Å². The highest BCUT2D eigenvalue weighted by atomic mass is 16.9. The van der Waals surface area contributed by atoms with Gasteiger partial charge in [0.1, 0.15) is 12.2 Å². The molecule has 5 nitrogen and oxygen atoms in total. The van der Waals surface area contributed by atoms with Crippen molar-refractivity contribution in [1.82, 2.24) is 0 Å². The van der Waals surface area contributed by atoms with E-state index in [1.165, 1.54) is 5.57 Å². The zero-order valence-electron chi connectivity index (χ0n) is 18.7. The Kier molecular flexibility index (Phi) is 4.53. The van der Waals surface area contributed by atoms with Crippen molar-refractivity contribution in [3.05, 3.63) is 23.8 Å². The maximum atomic E-state index is 13.3. The number of ketones is 2. The summed E-state index contributed by atoms with van der Waals surface area (Å²) in [5, 5.41) is 0. The third-order valence-corrected chi connectivity index (χ3v) is 9.36. The number of Topliss-reactive ketones (excluding diaryl/α,β-unsaturated/α-hetero) is 1. The summed E-state index contributed by atoms with van der Waals surface area (Å²) < 4.78 is 18.0. The Morgan fingerprint density at radius 1 is 1.10 bits per heavy atom. The fraction of sp³-hybridized carbons (Fsp3) is 0.760. The Bertz CT molecular complexity index is 844. The maximum absolute atomic E-state index is 13.3. The smallest absolute Gasteiger partial charge is 0.281 e. The van der Waals surface area contributed by atoms with Gasteiger partial charge in [-0.25, -0.2) is 0 Å². The Hall–Kier alpha value is -1.30. The fourth-order valence-electron chi connectivity index (χ4n) is 7.87. The highest BCUT2D eigenvalue weighted by molar-refractivity contribution is 6.01. The van der Waals surface area contributed by atoms with E-state index in [4.69, 9.17) is 14.2 Å². The Morgan fingerprint density at radius 3 is 2.63 bits per heavy atom. The number of ether oxygens (including phenoxy) is 3. The molecule has 0 aromatic heterocycles. The van der Waals surface area contributed by atoms with Crippen molar-refractivity contribution >= 4 is 11.6 Å². The van der Waals surface area contributed by atoms with Gasteiger partial charge in [-0.2, -0.15) is 0 Å². The first-order chi connectivity index (χ1) is 14.2. The zero-order valence-corrected chi connectivity index (χ0v) is 18.7. The predicted molar refractivity (Wildman–Crippen MR) is 111 cm³/mol. The summed E-state index contributed by atoms with van der Waals surface area (Å²) in [6, 6.07) is 0. The van der Waals surface area contributed by atoms with Gasteiger partial charge in [0.25, 0.3) is 5.97 Å². The molecule has 0 radical (unpaired) electrons. The van der Waals surface area contributed by atoms with Crippen LogP contribution >= 0.6 is 0 Å². The summed E-state index contributed by atoms with van der Waals surface area (Å²) in [6.07, 6.45) is 11.6. The van der Waals surface area contributed by atoms with Crippen LogP contribution in [0.15, 0.2) is 23.8 Å². The Labute approximate surface area is 179 Å². The lowest BCUT2D eigenvalue weighted by Gasteiger charge is -2.59. The highest BCUT2D eigenvalue weighted by Gasteiger charge is 2.70. The molecule has 3 saturated carbocycles. The molecule has 5 rings (SSSR count). The van der Waals surface area contributed by atoms with E-state index in [-0.39, 0.29) is 29.0 Å². The lowest BCUT2D eigenvalue weighted by atomic mass is 9.47. The summed E-state index contributed by atoms with van der Waals surface area (Å²) in [5.41, 5.74) is 0.239. The molecule has 1 unspecified atom stereocenters. The summed E-state index contributed by atoms with van der Waals surface area (Å²) in [6.45, 7) is 8.85. The van der Waals surface area contributed by atoms with Crippen molar-refractivity contribution in [3.8, 4) is 0 Å². The summed E-state index contributed by atoms with van der Waals surface area (Å²) in [7, 11) is 0. The van der Waals surface area contributed by atoms with E-state index < -0.39 is 11.6 Å².